The molecule has 1 aromatic carbocycles. The average Bonchev–Trinajstić information content (AvgIpc) is 2.96. The Balaban J connectivity index is -0.000000212. The van der Waals surface area contributed by atoms with E-state index in [4.69, 9.17) is 0 Å². The van der Waals surface area contributed by atoms with E-state index in [1.165, 1.54) is 24.8 Å². The van der Waals surface area contributed by atoms with Gasteiger partial charge in [0.1, 0.15) is 0 Å². The van der Waals surface area contributed by atoms with Gasteiger partial charge in [0.2, 0.25) is 0 Å². The lowest BCUT2D eigenvalue weighted by Crippen LogP contribution is -1.76. The maximum Gasteiger partial charge on any atom is 0.0606 e. The number of allylic oxidation sites excluding steroid dienone is 1. The third-order valence-corrected chi connectivity index (χ3v) is 1.69. The highest BCUT2D eigenvalue weighted by atomic mass is 14.0. The summed E-state index contributed by atoms with van der Waals surface area (Å²) in [7, 11) is 9.00. The molecule has 0 bridgehead atoms. The summed E-state index contributed by atoms with van der Waals surface area (Å²) in [6, 6.07) is 8.49. The first-order valence-electron chi connectivity index (χ1n) is 6.37. The van der Waals surface area contributed by atoms with E-state index in [2.05, 4.69) is 52.1 Å². The van der Waals surface area contributed by atoms with E-state index in [-0.39, 0.29) is 0 Å². The highest BCUT2D eigenvalue weighted by Gasteiger charge is 2.00. The Kier molecular flexibility index (Phi) is 25.8. The highest BCUT2D eigenvalue weighted by molar-refractivity contribution is 6.05. The van der Waals surface area contributed by atoms with Crippen molar-refractivity contribution >= 4 is 21.8 Å². The van der Waals surface area contributed by atoms with Crippen molar-refractivity contribution in [1.29, 1.82) is 0 Å². The predicted octanol–water partition coefficient (Wildman–Crippen LogP) is 4.71. The van der Waals surface area contributed by atoms with Crippen LogP contribution in [0.15, 0.2) is 30.3 Å². The molecular formula is C15H26B2. The number of hydrogen-bond donors (Lipinski definition) is 0. The van der Waals surface area contributed by atoms with Gasteiger partial charge < -0.3 is 0 Å². The van der Waals surface area contributed by atoms with E-state index >= 15 is 0 Å². The van der Waals surface area contributed by atoms with Gasteiger partial charge in [0.05, 0.1) is 15.7 Å². The summed E-state index contributed by atoms with van der Waals surface area (Å²) in [5, 5.41) is 0. The normalized spacial score (nSPS) is 8.59. The van der Waals surface area contributed by atoms with Gasteiger partial charge in [0.25, 0.3) is 0 Å². The van der Waals surface area contributed by atoms with E-state index in [1.807, 2.05) is 27.7 Å². The minimum atomic E-state index is 1.12. The Labute approximate surface area is 111 Å². The fraction of sp³-hybridized carbons (Fsp3) is 0.467. The molecule has 0 heterocycles. The van der Waals surface area contributed by atoms with Gasteiger partial charge in [-0.25, -0.2) is 0 Å². The lowest BCUT2D eigenvalue weighted by Gasteiger charge is -1.93. The summed E-state index contributed by atoms with van der Waals surface area (Å²) in [6.07, 6.45) is 5.50. The smallest absolute Gasteiger partial charge is 0.0606 e. The van der Waals surface area contributed by atoms with Crippen molar-refractivity contribution in [3.05, 3.63) is 41.5 Å². The molecule has 0 fully saturated rings. The Bertz CT molecular complexity index is 255. The van der Waals surface area contributed by atoms with E-state index in [9.17, 15) is 0 Å². The van der Waals surface area contributed by atoms with Crippen molar-refractivity contribution < 1.29 is 0 Å². The first-order chi connectivity index (χ1) is 8.47. The number of rotatable bonds is 0. The lowest BCUT2D eigenvalue weighted by molar-refractivity contribution is 1.31. The largest absolute Gasteiger partial charge is 0.0999 e. The molecule has 0 atom stereocenters. The zero-order valence-electron chi connectivity index (χ0n) is 12.3. The fourth-order valence-corrected chi connectivity index (χ4v) is 1.20. The van der Waals surface area contributed by atoms with Crippen molar-refractivity contribution in [3.8, 4) is 0 Å². The monoisotopic (exact) mass is 228 g/mol. The van der Waals surface area contributed by atoms with Crippen molar-refractivity contribution in [3.63, 3.8) is 0 Å². The summed E-state index contributed by atoms with van der Waals surface area (Å²) in [6.45, 7) is 11.0. The molecule has 2 heteroatoms. The first-order valence-corrected chi connectivity index (χ1v) is 6.37. The van der Waals surface area contributed by atoms with Gasteiger partial charge in [-0.2, -0.15) is 0 Å². The molecule has 92 valence electrons. The van der Waals surface area contributed by atoms with Crippen LogP contribution in [0.5, 0.6) is 0 Å². The standard InChI is InChI=1S/C9H8.2C2H6.2CH3B/c1-2-5-9-7-3-6-8(9)4-1;4*1-2/h1-6H,7H2;2*1-2H3;2*1H3. The van der Waals surface area contributed by atoms with E-state index < -0.39 is 0 Å². The fourth-order valence-electron chi connectivity index (χ4n) is 1.20. The minimum absolute atomic E-state index is 1.12. The number of hydrogen-bond acceptors (Lipinski definition) is 0. The molecule has 0 unspecified atom stereocenters. The van der Waals surface area contributed by atoms with Gasteiger partial charge in [-0.05, 0) is 17.5 Å². The van der Waals surface area contributed by atoms with Crippen LogP contribution in [0, 0.1) is 0 Å². The zero-order valence-corrected chi connectivity index (χ0v) is 12.3. The summed E-state index contributed by atoms with van der Waals surface area (Å²) >= 11 is 0. The van der Waals surface area contributed by atoms with Gasteiger partial charge in [-0.1, -0.05) is 77.8 Å². The number of fused-ring (bicyclic) bond motifs is 1. The molecule has 1 aliphatic carbocycles. The van der Waals surface area contributed by atoms with E-state index in [0.29, 0.717) is 0 Å². The SMILES string of the molecule is C1=Cc2ccccc2C1.CC.CC.[B]C.[B]C. The molecule has 0 nitrogen and oxygen atoms in total. The van der Waals surface area contributed by atoms with Crippen LogP contribution in [0.3, 0.4) is 0 Å². The average molecular weight is 228 g/mol. The van der Waals surface area contributed by atoms with Crippen LogP contribution in [0.25, 0.3) is 6.08 Å². The molecule has 1 aliphatic rings. The summed E-state index contributed by atoms with van der Waals surface area (Å²) in [5.41, 5.74) is 2.84. The topological polar surface area (TPSA) is 0 Å². The van der Waals surface area contributed by atoms with Gasteiger partial charge in [0, 0.05) is 0 Å². The second-order valence-electron chi connectivity index (χ2n) is 2.31. The predicted molar refractivity (Wildman–Crippen MR) is 85.1 cm³/mol. The van der Waals surface area contributed by atoms with E-state index in [1.54, 1.807) is 0 Å². The van der Waals surface area contributed by atoms with Crippen LogP contribution in [-0.4, -0.2) is 15.7 Å². The third kappa shape index (κ3) is 9.99. The highest BCUT2D eigenvalue weighted by Crippen LogP contribution is 2.17. The quantitative estimate of drug-likeness (QED) is 0.563. The summed E-state index contributed by atoms with van der Waals surface area (Å²) in [5.74, 6) is 0. The molecule has 0 saturated heterocycles. The molecule has 17 heavy (non-hydrogen) atoms. The van der Waals surface area contributed by atoms with Crippen LogP contribution < -0.4 is 0 Å². The molecule has 0 N–H and O–H groups in total. The number of benzene rings is 1. The van der Waals surface area contributed by atoms with E-state index in [0.717, 1.165) is 6.42 Å². The van der Waals surface area contributed by atoms with Crippen LogP contribution in [0.1, 0.15) is 38.8 Å². The Hall–Kier alpha value is -0.910. The molecule has 0 amide bonds. The molecule has 0 spiro atoms. The molecular weight excluding hydrogens is 202 g/mol. The van der Waals surface area contributed by atoms with Crippen molar-refractivity contribution in [1.82, 2.24) is 0 Å². The second-order valence-corrected chi connectivity index (χ2v) is 2.31. The first kappa shape index (κ1) is 21.4. The molecule has 1 aromatic rings. The van der Waals surface area contributed by atoms with Crippen molar-refractivity contribution in [2.24, 2.45) is 0 Å². The van der Waals surface area contributed by atoms with Crippen LogP contribution in [0.4, 0.5) is 0 Å². The lowest BCUT2D eigenvalue weighted by atomic mass is 10.1. The Morgan fingerprint density at radius 3 is 1.76 bits per heavy atom. The zero-order chi connectivity index (χ0) is 14.1. The third-order valence-electron chi connectivity index (χ3n) is 1.69. The van der Waals surface area contributed by atoms with Gasteiger partial charge in [-0.15, -0.1) is 0 Å². The molecule has 4 radical (unpaired) electrons. The second kappa shape index (κ2) is 20.5. The molecule has 0 aromatic heterocycles. The maximum atomic E-state index is 4.50. The Morgan fingerprint density at radius 1 is 0.824 bits per heavy atom. The molecule has 0 saturated carbocycles. The Morgan fingerprint density at radius 2 is 1.29 bits per heavy atom. The molecule has 0 aliphatic heterocycles. The summed E-state index contributed by atoms with van der Waals surface area (Å²) < 4.78 is 0. The molecule has 2 rings (SSSR count). The summed E-state index contributed by atoms with van der Waals surface area (Å²) in [4.78, 5) is 0. The van der Waals surface area contributed by atoms with Gasteiger partial charge in [-0.3, -0.25) is 0 Å². The minimum Gasteiger partial charge on any atom is -0.0999 e. The van der Waals surface area contributed by atoms with Crippen molar-refractivity contribution in [2.45, 2.75) is 47.8 Å². The maximum absolute atomic E-state index is 4.50. The van der Waals surface area contributed by atoms with Crippen LogP contribution >= 0.6 is 0 Å². The van der Waals surface area contributed by atoms with Crippen LogP contribution in [0.2, 0.25) is 13.6 Å². The van der Waals surface area contributed by atoms with Gasteiger partial charge >= 0.3 is 0 Å². The van der Waals surface area contributed by atoms with Crippen molar-refractivity contribution in [2.75, 3.05) is 0 Å². The van der Waals surface area contributed by atoms with Crippen LogP contribution in [-0.2, 0) is 6.42 Å². The van der Waals surface area contributed by atoms with Gasteiger partial charge in [0.15, 0.2) is 0 Å².